The molecule has 3 saturated heterocycles. The predicted octanol–water partition coefficient (Wildman–Crippen LogP) is 8.32. The molecule has 0 saturated carbocycles. The maximum absolute atomic E-state index is 13.4. The first-order chi connectivity index (χ1) is 34.5. The first kappa shape index (κ1) is 64.2. The molecular formula is C56H107NO14. The van der Waals surface area contributed by atoms with Crippen LogP contribution in [0.15, 0.2) is 0 Å². The number of hydrogen-bond acceptors (Lipinski definition) is 14. The van der Waals surface area contributed by atoms with Gasteiger partial charge in [0.25, 0.3) is 0 Å². The van der Waals surface area contributed by atoms with Gasteiger partial charge in [-0.1, -0.05) is 226 Å². The topological polar surface area (TPSA) is 237 Å². The molecule has 11 unspecified atom stereocenters. The van der Waals surface area contributed by atoms with Crippen LogP contribution in [0.2, 0.25) is 0 Å². The molecule has 420 valence electrons. The lowest BCUT2D eigenvalue weighted by molar-refractivity contribution is -0.332. The number of aliphatic hydroxyl groups excluding tert-OH is 8. The Morgan fingerprint density at radius 1 is 0.408 bits per heavy atom. The quantitative estimate of drug-likeness (QED) is 0.0262. The Labute approximate surface area is 429 Å². The molecule has 3 rings (SSSR count). The standard InChI is InChI=1S/C56H107NO14/c1-3-5-7-9-11-13-15-17-18-19-20-21-22-23-24-25-26-28-30-32-34-36-42-38-47(59)57-43(48(60)44(69-42)37-35-33-31-29-27-16-14-12-10-8-6-4-2)40-67-55-54(66)52(64)50(62)46(71-55)41-68-56-53(65)51(63)49(61)45(39-58)70-56/h42-46,48-56,58,60-66H,3-41H2,1-2H3,(H,57,59)/t42?,43-,44+,45?,46?,48-,49?,50?,51?,52?,53?,54?,55?,56?/m0/s1. The molecule has 9 N–H and O–H groups in total. The lowest BCUT2D eigenvalue weighted by atomic mass is 9.96. The van der Waals surface area contributed by atoms with E-state index >= 15 is 0 Å². The van der Waals surface area contributed by atoms with Gasteiger partial charge < -0.3 is 69.9 Å². The maximum Gasteiger partial charge on any atom is 0.222 e. The zero-order valence-corrected chi connectivity index (χ0v) is 44.7. The summed E-state index contributed by atoms with van der Waals surface area (Å²) in [6, 6.07) is -0.932. The van der Waals surface area contributed by atoms with Gasteiger partial charge in [0.05, 0.1) is 44.5 Å². The van der Waals surface area contributed by atoms with E-state index in [2.05, 4.69) is 19.2 Å². The molecule has 71 heavy (non-hydrogen) atoms. The van der Waals surface area contributed by atoms with Gasteiger partial charge in [-0.25, -0.2) is 0 Å². The third-order valence-corrected chi connectivity index (χ3v) is 15.3. The van der Waals surface area contributed by atoms with Crippen molar-refractivity contribution in [3.63, 3.8) is 0 Å². The summed E-state index contributed by atoms with van der Waals surface area (Å²) in [4.78, 5) is 13.4. The fourth-order valence-corrected chi connectivity index (χ4v) is 10.5. The predicted molar refractivity (Wildman–Crippen MR) is 277 cm³/mol. The maximum atomic E-state index is 13.4. The molecule has 0 bridgehead atoms. The molecular weight excluding hydrogens is 911 g/mol. The summed E-state index contributed by atoms with van der Waals surface area (Å²) < 4.78 is 29.3. The molecule has 0 aromatic heterocycles. The number of unbranched alkanes of at least 4 members (excludes halogenated alkanes) is 31. The highest BCUT2D eigenvalue weighted by atomic mass is 16.7. The van der Waals surface area contributed by atoms with E-state index in [1.54, 1.807) is 0 Å². The Bertz CT molecular complexity index is 1270. The number of carbonyl (C=O) groups is 1. The van der Waals surface area contributed by atoms with Crippen molar-refractivity contribution in [2.24, 2.45) is 0 Å². The van der Waals surface area contributed by atoms with Crippen molar-refractivity contribution in [1.29, 1.82) is 0 Å². The highest BCUT2D eigenvalue weighted by molar-refractivity contribution is 5.77. The van der Waals surface area contributed by atoms with Gasteiger partial charge in [-0.15, -0.1) is 0 Å². The molecule has 15 nitrogen and oxygen atoms in total. The number of ether oxygens (including phenoxy) is 5. The summed E-state index contributed by atoms with van der Waals surface area (Å²) >= 11 is 0. The highest BCUT2D eigenvalue weighted by Gasteiger charge is 2.48. The average molecular weight is 1020 g/mol. The SMILES string of the molecule is CCCCCCCCCCCCCCCCCCCCCCCC1CC(=O)N[C@@H](COC2OC(COC3OC(CO)C(O)C(O)C3O)C(O)C(O)C2O)[C@H](O)[C@@H](CCCCCCCCCCCCCC)O1. The molecule has 0 aromatic rings. The third kappa shape index (κ3) is 26.5. The summed E-state index contributed by atoms with van der Waals surface area (Å²) in [5.41, 5.74) is 0. The van der Waals surface area contributed by atoms with Gasteiger partial charge in [-0.3, -0.25) is 4.79 Å². The Morgan fingerprint density at radius 2 is 0.761 bits per heavy atom. The Morgan fingerprint density at radius 3 is 1.17 bits per heavy atom. The second-order valence-corrected chi connectivity index (χ2v) is 21.6. The van der Waals surface area contributed by atoms with Gasteiger partial charge in [0.1, 0.15) is 54.9 Å². The van der Waals surface area contributed by atoms with Crippen molar-refractivity contribution in [1.82, 2.24) is 5.32 Å². The van der Waals surface area contributed by atoms with Crippen LogP contribution in [0.1, 0.15) is 245 Å². The summed E-state index contributed by atoms with van der Waals surface area (Å²) in [5, 5.41) is 87.3. The van der Waals surface area contributed by atoms with Gasteiger partial charge in [0.2, 0.25) is 5.91 Å². The fraction of sp³-hybridized carbons (Fsp3) is 0.982. The number of nitrogens with one attached hydrogen (secondary N) is 1. The number of hydrogen-bond donors (Lipinski definition) is 9. The summed E-state index contributed by atoms with van der Waals surface area (Å²) in [5.74, 6) is -0.290. The molecule has 3 fully saturated rings. The summed E-state index contributed by atoms with van der Waals surface area (Å²) in [6.45, 7) is 3.04. The van der Waals surface area contributed by atoms with E-state index in [9.17, 15) is 45.6 Å². The van der Waals surface area contributed by atoms with Crippen LogP contribution in [0.5, 0.6) is 0 Å². The second kappa shape index (κ2) is 40.2. The first-order valence-corrected chi connectivity index (χ1v) is 29.4. The van der Waals surface area contributed by atoms with Crippen LogP contribution < -0.4 is 5.32 Å². The van der Waals surface area contributed by atoms with E-state index in [1.165, 1.54) is 173 Å². The first-order valence-electron chi connectivity index (χ1n) is 29.4. The monoisotopic (exact) mass is 1020 g/mol. The third-order valence-electron chi connectivity index (χ3n) is 15.3. The molecule has 0 spiro atoms. The number of amides is 1. The number of carbonyl (C=O) groups excluding carboxylic acids is 1. The Balaban J connectivity index is 1.42. The Hall–Kier alpha value is -1.05. The van der Waals surface area contributed by atoms with E-state index in [4.69, 9.17) is 23.7 Å². The van der Waals surface area contributed by atoms with Crippen molar-refractivity contribution in [2.75, 3.05) is 19.8 Å². The van der Waals surface area contributed by atoms with E-state index in [0.717, 1.165) is 44.9 Å². The van der Waals surface area contributed by atoms with Crippen LogP contribution in [0.4, 0.5) is 0 Å². The number of aliphatic hydroxyl groups is 8. The zero-order chi connectivity index (χ0) is 51.5. The molecule has 14 atom stereocenters. The fourth-order valence-electron chi connectivity index (χ4n) is 10.5. The molecule has 1 amide bonds. The summed E-state index contributed by atoms with van der Waals surface area (Å²) in [7, 11) is 0. The van der Waals surface area contributed by atoms with Crippen LogP contribution in [0, 0.1) is 0 Å². The minimum Gasteiger partial charge on any atom is -0.394 e. The van der Waals surface area contributed by atoms with Gasteiger partial charge >= 0.3 is 0 Å². The van der Waals surface area contributed by atoms with E-state index in [0.29, 0.717) is 6.42 Å². The minimum atomic E-state index is -1.74. The smallest absolute Gasteiger partial charge is 0.222 e. The molecule has 3 aliphatic heterocycles. The molecule has 3 aliphatic rings. The van der Waals surface area contributed by atoms with Crippen LogP contribution in [0.25, 0.3) is 0 Å². The van der Waals surface area contributed by atoms with Gasteiger partial charge in [0, 0.05) is 0 Å². The van der Waals surface area contributed by atoms with Gasteiger partial charge in [-0.2, -0.15) is 0 Å². The molecule has 0 aromatic carbocycles. The van der Waals surface area contributed by atoms with Crippen molar-refractivity contribution < 1.29 is 69.3 Å². The van der Waals surface area contributed by atoms with Crippen molar-refractivity contribution in [3.8, 4) is 0 Å². The van der Waals surface area contributed by atoms with E-state index in [-0.39, 0.29) is 25.0 Å². The molecule has 0 radical (unpaired) electrons. The lowest BCUT2D eigenvalue weighted by Gasteiger charge is -2.43. The normalized spacial score (nSPS) is 30.6. The van der Waals surface area contributed by atoms with Crippen LogP contribution in [0.3, 0.4) is 0 Å². The van der Waals surface area contributed by atoms with Crippen LogP contribution in [-0.2, 0) is 28.5 Å². The largest absolute Gasteiger partial charge is 0.394 e. The average Bonchev–Trinajstić information content (AvgIpc) is 3.36. The second-order valence-electron chi connectivity index (χ2n) is 21.6. The van der Waals surface area contributed by atoms with Gasteiger partial charge in [0.15, 0.2) is 12.6 Å². The van der Waals surface area contributed by atoms with Crippen molar-refractivity contribution in [3.05, 3.63) is 0 Å². The summed E-state index contributed by atoms with van der Waals surface area (Å²) in [6.07, 6.45) is 26.0. The van der Waals surface area contributed by atoms with E-state index in [1.807, 2.05) is 0 Å². The molecule has 0 aliphatic carbocycles. The van der Waals surface area contributed by atoms with Crippen LogP contribution in [-0.4, -0.2) is 152 Å². The van der Waals surface area contributed by atoms with Gasteiger partial charge in [-0.05, 0) is 12.8 Å². The lowest BCUT2D eigenvalue weighted by Crippen LogP contribution is -2.62. The van der Waals surface area contributed by atoms with Crippen LogP contribution >= 0.6 is 0 Å². The van der Waals surface area contributed by atoms with E-state index < -0.39 is 92.9 Å². The molecule has 15 heteroatoms. The minimum absolute atomic E-state index is 0.141. The van der Waals surface area contributed by atoms with Crippen molar-refractivity contribution >= 4 is 5.91 Å². The van der Waals surface area contributed by atoms with Crippen molar-refractivity contribution in [2.45, 2.75) is 331 Å². The molecule has 3 heterocycles. The Kier molecular flexibility index (Phi) is 36.4. The number of rotatable bonds is 42. The zero-order valence-electron chi connectivity index (χ0n) is 44.7. The highest BCUT2D eigenvalue weighted by Crippen LogP contribution is 2.28.